The van der Waals surface area contributed by atoms with E-state index in [0.29, 0.717) is 12.5 Å². The molecule has 1 saturated heterocycles. The minimum atomic E-state index is 0. The lowest BCUT2D eigenvalue weighted by Gasteiger charge is -2.20. The Hall–Kier alpha value is -0.320. The molecule has 1 atom stereocenters. The largest absolute Gasteiger partial charge is 0.324 e. The Balaban J connectivity index is 0.00000112. The van der Waals surface area contributed by atoms with E-state index in [4.69, 9.17) is 5.73 Å². The number of hydrogen-bond donors (Lipinski definition) is 1. The summed E-state index contributed by atoms with van der Waals surface area (Å²) in [5.41, 5.74) is 6.72. The summed E-state index contributed by atoms with van der Waals surface area (Å²) in [5.74, 6) is 3.90. The van der Waals surface area contributed by atoms with Crippen LogP contribution in [0.3, 0.4) is 0 Å². The van der Waals surface area contributed by atoms with Gasteiger partial charge in [-0.15, -0.1) is 12.4 Å². The van der Waals surface area contributed by atoms with Gasteiger partial charge in [0.2, 0.25) is 0 Å². The summed E-state index contributed by atoms with van der Waals surface area (Å²) in [6, 6.07) is 0. The first kappa shape index (κ1) is 12.7. The summed E-state index contributed by atoms with van der Waals surface area (Å²) < 4.78 is 0. The Morgan fingerprint density at radius 3 is 2.67 bits per heavy atom. The maximum absolute atomic E-state index is 5.45. The summed E-state index contributed by atoms with van der Waals surface area (Å²) in [7, 11) is 0. The molecule has 0 aliphatic carbocycles. The topological polar surface area (TPSA) is 51.8 Å². The molecule has 5 heteroatoms. The smallest absolute Gasteiger partial charge is 0.141 e. The average Bonchev–Trinajstić information content (AvgIpc) is 2.30. The fourth-order valence-electron chi connectivity index (χ4n) is 1.68. The van der Waals surface area contributed by atoms with Crippen molar-refractivity contribution in [3.63, 3.8) is 0 Å². The number of thioether (sulfide) groups is 1. The monoisotopic (exact) mass is 245 g/mol. The van der Waals surface area contributed by atoms with Crippen molar-refractivity contribution in [2.24, 2.45) is 5.73 Å². The van der Waals surface area contributed by atoms with Crippen LogP contribution in [-0.2, 0) is 6.54 Å². The second kappa shape index (κ2) is 6.30. The van der Waals surface area contributed by atoms with E-state index >= 15 is 0 Å². The Morgan fingerprint density at radius 1 is 1.40 bits per heavy atom. The van der Waals surface area contributed by atoms with Crippen LogP contribution in [0.4, 0.5) is 0 Å². The number of halogens is 1. The van der Waals surface area contributed by atoms with Crippen LogP contribution in [0.5, 0.6) is 0 Å². The molecular formula is C10H16ClN3S. The van der Waals surface area contributed by atoms with Crippen molar-refractivity contribution in [3.8, 4) is 0 Å². The minimum absolute atomic E-state index is 0. The Bertz CT molecular complexity index is 285. The Morgan fingerprint density at radius 2 is 2.13 bits per heavy atom. The maximum atomic E-state index is 5.45. The van der Waals surface area contributed by atoms with Gasteiger partial charge in [0.05, 0.1) is 6.54 Å². The average molecular weight is 246 g/mol. The van der Waals surface area contributed by atoms with Crippen LogP contribution in [0.2, 0.25) is 0 Å². The van der Waals surface area contributed by atoms with E-state index in [1.165, 1.54) is 29.9 Å². The quantitative estimate of drug-likeness (QED) is 0.866. The molecule has 1 aliphatic heterocycles. The second-order valence-electron chi connectivity index (χ2n) is 3.55. The second-order valence-corrected chi connectivity index (χ2v) is 4.70. The highest BCUT2D eigenvalue weighted by molar-refractivity contribution is 7.99. The van der Waals surface area contributed by atoms with Crippen molar-refractivity contribution in [2.75, 3.05) is 11.5 Å². The zero-order chi connectivity index (χ0) is 9.80. The SMILES string of the molecule is Cl.NCc1ncc(C2CCCSC2)cn1. The highest BCUT2D eigenvalue weighted by Gasteiger charge is 2.16. The first-order valence-corrected chi connectivity index (χ1v) is 6.14. The van der Waals surface area contributed by atoms with Crippen molar-refractivity contribution < 1.29 is 0 Å². The molecule has 1 aliphatic rings. The molecule has 0 saturated carbocycles. The van der Waals surface area contributed by atoms with Crippen LogP contribution >= 0.6 is 24.2 Å². The number of nitrogens with zero attached hydrogens (tertiary/aromatic N) is 2. The van der Waals surface area contributed by atoms with E-state index in [-0.39, 0.29) is 12.4 Å². The molecule has 2 N–H and O–H groups in total. The molecule has 1 unspecified atom stereocenters. The molecule has 0 spiro atoms. The van der Waals surface area contributed by atoms with Crippen LogP contribution in [0.15, 0.2) is 12.4 Å². The van der Waals surface area contributed by atoms with Crippen molar-refractivity contribution in [2.45, 2.75) is 25.3 Å². The van der Waals surface area contributed by atoms with Crippen molar-refractivity contribution in [3.05, 3.63) is 23.8 Å². The molecule has 2 rings (SSSR count). The normalized spacial score (nSPS) is 20.7. The van der Waals surface area contributed by atoms with Crippen molar-refractivity contribution in [1.29, 1.82) is 0 Å². The summed E-state index contributed by atoms with van der Waals surface area (Å²) >= 11 is 2.03. The number of rotatable bonds is 2. The summed E-state index contributed by atoms with van der Waals surface area (Å²) in [6.45, 7) is 0.430. The molecule has 1 aromatic rings. The summed E-state index contributed by atoms with van der Waals surface area (Å²) in [5, 5.41) is 0. The fraction of sp³-hybridized carbons (Fsp3) is 0.600. The molecule has 1 aromatic heterocycles. The molecule has 3 nitrogen and oxygen atoms in total. The standard InChI is InChI=1S/C10H15N3S.ClH/c11-4-10-12-5-9(6-13-10)8-2-1-3-14-7-8;/h5-6,8H,1-4,7,11H2;1H. The van der Waals surface area contributed by atoms with Gasteiger partial charge in [-0.1, -0.05) is 0 Å². The van der Waals surface area contributed by atoms with Gasteiger partial charge in [-0.25, -0.2) is 9.97 Å². The van der Waals surface area contributed by atoms with Gasteiger partial charge in [-0.05, 0) is 30.1 Å². The number of hydrogen-bond acceptors (Lipinski definition) is 4. The zero-order valence-corrected chi connectivity index (χ0v) is 10.2. The molecule has 15 heavy (non-hydrogen) atoms. The van der Waals surface area contributed by atoms with Crippen LogP contribution in [0, 0.1) is 0 Å². The predicted octanol–water partition coefficient (Wildman–Crippen LogP) is 1.97. The molecule has 2 heterocycles. The van der Waals surface area contributed by atoms with Gasteiger partial charge in [-0.3, -0.25) is 0 Å². The van der Waals surface area contributed by atoms with Gasteiger partial charge >= 0.3 is 0 Å². The maximum Gasteiger partial charge on any atom is 0.141 e. The number of nitrogens with two attached hydrogens (primary N) is 1. The lowest BCUT2D eigenvalue weighted by Crippen LogP contribution is -2.10. The van der Waals surface area contributed by atoms with Crippen LogP contribution < -0.4 is 5.73 Å². The van der Waals surface area contributed by atoms with Gasteiger partial charge < -0.3 is 5.73 Å². The summed E-state index contributed by atoms with van der Waals surface area (Å²) in [6.07, 6.45) is 6.46. The lowest BCUT2D eigenvalue weighted by molar-refractivity contribution is 0.652. The Labute approximate surface area is 101 Å². The van der Waals surface area contributed by atoms with E-state index in [9.17, 15) is 0 Å². The van der Waals surface area contributed by atoms with E-state index in [2.05, 4.69) is 9.97 Å². The van der Waals surface area contributed by atoms with Crippen LogP contribution in [0.1, 0.15) is 30.1 Å². The molecule has 0 bridgehead atoms. The van der Waals surface area contributed by atoms with Crippen LogP contribution in [0.25, 0.3) is 0 Å². The van der Waals surface area contributed by atoms with E-state index < -0.39 is 0 Å². The highest BCUT2D eigenvalue weighted by atomic mass is 35.5. The van der Waals surface area contributed by atoms with Crippen LogP contribution in [-0.4, -0.2) is 21.5 Å². The molecule has 84 valence electrons. The zero-order valence-electron chi connectivity index (χ0n) is 8.56. The minimum Gasteiger partial charge on any atom is -0.324 e. The summed E-state index contributed by atoms with van der Waals surface area (Å²) in [4.78, 5) is 8.45. The first-order chi connectivity index (χ1) is 6.90. The predicted molar refractivity (Wildman–Crippen MR) is 66.5 cm³/mol. The molecular weight excluding hydrogens is 230 g/mol. The third kappa shape index (κ3) is 3.33. The number of aromatic nitrogens is 2. The lowest BCUT2D eigenvalue weighted by atomic mass is 9.99. The van der Waals surface area contributed by atoms with Gasteiger partial charge in [0.15, 0.2) is 0 Å². The van der Waals surface area contributed by atoms with E-state index in [0.717, 1.165) is 5.82 Å². The highest BCUT2D eigenvalue weighted by Crippen LogP contribution is 2.30. The Kier molecular flexibility index (Phi) is 5.36. The first-order valence-electron chi connectivity index (χ1n) is 4.99. The van der Waals surface area contributed by atoms with Gasteiger partial charge in [0.1, 0.15) is 5.82 Å². The molecule has 0 aromatic carbocycles. The molecule has 1 fully saturated rings. The van der Waals surface area contributed by atoms with E-state index in [1.807, 2.05) is 24.2 Å². The van der Waals surface area contributed by atoms with Gasteiger partial charge in [-0.2, -0.15) is 11.8 Å². The van der Waals surface area contributed by atoms with Crippen molar-refractivity contribution >= 4 is 24.2 Å². The van der Waals surface area contributed by atoms with Gasteiger partial charge in [0, 0.05) is 18.1 Å². The van der Waals surface area contributed by atoms with Gasteiger partial charge in [0.25, 0.3) is 0 Å². The molecule has 0 radical (unpaired) electrons. The van der Waals surface area contributed by atoms with Crippen molar-refractivity contribution in [1.82, 2.24) is 9.97 Å². The molecule has 0 amide bonds. The third-order valence-corrected chi connectivity index (χ3v) is 3.75. The fourth-order valence-corrected chi connectivity index (χ4v) is 2.87. The van der Waals surface area contributed by atoms with E-state index in [1.54, 1.807) is 0 Å². The third-order valence-electron chi connectivity index (χ3n) is 2.54.